The van der Waals surface area contributed by atoms with Crippen LogP contribution in [0.2, 0.25) is 0 Å². The fourth-order valence-corrected chi connectivity index (χ4v) is 3.98. The fraction of sp³-hybridized carbons (Fsp3) is 0.438. The van der Waals surface area contributed by atoms with Gasteiger partial charge in [0.25, 0.3) is 0 Å². The zero-order valence-corrected chi connectivity index (χ0v) is 14.3. The summed E-state index contributed by atoms with van der Waals surface area (Å²) in [5.74, 6) is 0. The van der Waals surface area contributed by atoms with E-state index < -0.39 is 10.0 Å². The summed E-state index contributed by atoms with van der Waals surface area (Å²) in [7, 11) is -1.79. The van der Waals surface area contributed by atoms with Crippen molar-refractivity contribution < 1.29 is 8.42 Å². The highest BCUT2D eigenvalue weighted by molar-refractivity contribution is 7.89. The summed E-state index contributed by atoms with van der Waals surface area (Å²) in [6.07, 6.45) is 3.88. The molecule has 0 radical (unpaired) electrons. The van der Waals surface area contributed by atoms with E-state index in [1.54, 1.807) is 7.05 Å². The monoisotopic (exact) mass is 334 g/mol. The maximum Gasteiger partial charge on any atom is 0.243 e. The average Bonchev–Trinajstić information content (AvgIpc) is 2.99. The van der Waals surface area contributed by atoms with Crippen molar-refractivity contribution in [3.8, 4) is 0 Å². The molecule has 0 saturated carbocycles. The summed E-state index contributed by atoms with van der Waals surface area (Å²) in [5, 5.41) is 3.91. The maximum absolute atomic E-state index is 12.2. The first-order valence-electron chi connectivity index (χ1n) is 7.75. The lowest BCUT2D eigenvalue weighted by Gasteiger charge is -2.33. The molecule has 1 N–H and O–H groups in total. The van der Waals surface area contributed by atoms with Crippen molar-refractivity contribution >= 4 is 10.0 Å². The van der Waals surface area contributed by atoms with E-state index in [9.17, 15) is 8.42 Å². The molecule has 0 saturated heterocycles. The number of aryl methyl sites for hydroxylation is 1. The second-order valence-electron chi connectivity index (χ2n) is 6.04. The van der Waals surface area contributed by atoms with Crippen LogP contribution in [0.1, 0.15) is 18.1 Å². The van der Waals surface area contributed by atoms with Gasteiger partial charge in [-0.1, -0.05) is 24.3 Å². The molecule has 1 aliphatic heterocycles. The van der Waals surface area contributed by atoms with Gasteiger partial charge in [-0.25, -0.2) is 13.1 Å². The zero-order valence-electron chi connectivity index (χ0n) is 13.4. The number of rotatable bonds is 5. The Balaban J connectivity index is 1.61. The van der Waals surface area contributed by atoms with Gasteiger partial charge in [-0.15, -0.1) is 0 Å². The van der Waals surface area contributed by atoms with Gasteiger partial charge in [0, 0.05) is 38.9 Å². The Morgan fingerprint density at radius 3 is 2.74 bits per heavy atom. The molecular weight excluding hydrogens is 312 g/mol. The smallest absolute Gasteiger partial charge is 0.243 e. The summed E-state index contributed by atoms with van der Waals surface area (Å²) in [4.78, 5) is 2.52. The molecule has 0 amide bonds. The van der Waals surface area contributed by atoms with Gasteiger partial charge in [-0.3, -0.25) is 9.58 Å². The molecule has 0 aliphatic carbocycles. The van der Waals surface area contributed by atoms with Crippen LogP contribution in [0.5, 0.6) is 0 Å². The molecule has 7 heteroatoms. The van der Waals surface area contributed by atoms with E-state index in [0.717, 1.165) is 19.5 Å². The summed E-state index contributed by atoms with van der Waals surface area (Å²) in [5.41, 5.74) is 2.73. The molecule has 1 aliphatic rings. The highest BCUT2D eigenvalue weighted by Crippen LogP contribution is 2.20. The van der Waals surface area contributed by atoms with E-state index in [2.05, 4.69) is 45.9 Å². The number of hydrogen-bond donors (Lipinski definition) is 1. The lowest BCUT2D eigenvalue weighted by molar-refractivity contribution is 0.192. The van der Waals surface area contributed by atoms with E-state index in [-0.39, 0.29) is 10.9 Å². The number of sulfonamides is 1. The summed E-state index contributed by atoms with van der Waals surface area (Å²) < 4.78 is 28.7. The predicted molar refractivity (Wildman–Crippen MR) is 88.4 cm³/mol. The summed E-state index contributed by atoms with van der Waals surface area (Å²) >= 11 is 0. The Labute approximate surface area is 137 Å². The fourth-order valence-electron chi connectivity index (χ4n) is 2.87. The molecule has 0 fully saturated rings. The van der Waals surface area contributed by atoms with E-state index in [1.165, 1.54) is 28.2 Å². The Morgan fingerprint density at radius 1 is 1.30 bits per heavy atom. The SMILES string of the molecule is C[C@@H](CNS(=O)(=O)c1cnn(C)c1)N1CCc2ccccc2C1. The van der Waals surface area contributed by atoms with Crippen LogP contribution in [0.4, 0.5) is 0 Å². The van der Waals surface area contributed by atoms with Gasteiger partial charge in [-0.2, -0.15) is 5.10 Å². The number of benzene rings is 1. The van der Waals surface area contributed by atoms with Gasteiger partial charge >= 0.3 is 0 Å². The maximum atomic E-state index is 12.2. The topological polar surface area (TPSA) is 67.2 Å². The van der Waals surface area contributed by atoms with Crippen LogP contribution in [-0.4, -0.2) is 42.2 Å². The first-order chi connectivity index (χ1) is 11.0. The summed E-state index contributed by atoms with van der Waals surface area (Å²) in [6, 6.07) is 8.57. The van der Waals surface area contributed by atoms with Crippen molar-refractivity contribution in [2.75, 3.05) is 13.1 Å². The molecule has 1 aromatic carbocycles. The third kappa shape index (κ3) is 3.63. The van der Waals surface area contributed by atoms with Crippen LogP contribution in [-0.2, 0) is 30.0 Å². The normalized spacial score (nSPS) is 17.0. The van der Waals surface area contributed by atoms with Gasteiger partial charge in [0.1, 0.15) is 4.90 Å². The van der Waals surface area contributed by atoms with Crippen LogP contribution in [0.25, 0.3) is 0 Å². The molecule has 0 unspecified atom stereocenters. The van der Waals surface area contributed by atoms with Crippen molar-refractivity contribution in [1.29, 1.82) is 0 Å². The van der Waals surface area contributed by atoms with E-state index in [4.69, 9.17) is 0 Å². The van der Waals surface area contributed by atoms with Crippen LogP contribution in [0.15, 0.2) is 41.6 Å². The molecule has 2 heterocycles. The van der Waals surface area contributed by atoms with Crippen molar-refractivity contribution in [1.82, 2.24) is 19.4 Å². The van der Waals surface area contributed by atoms with Crippen LogP contribution in [0.3, 0.4) is 0 Å². The number of fused-ring (bicyclic) bond motifs is 1. The van der Waals surface area contributed by atoms with Crippen LogP contribution >= 0.6 is 0 Å². The average molecular weight is 334 g/mol. The van der Waals surface area contributed by atoms with Crippen molar-refractivity contribution in [2.45, 2.75) is 30.8 Å². The second kappa shape index (κ2) is 6.43. The quantitative estimate of drug-likeness (QED) is 0.891. The van der Waals surface area contributed by atoms with Gasteiger partial charge < -0.3 is 0 Å². The number of nitrogens with zero attached hydrogens (tertiary/aromatic N) is 3. The van der Waals surface area contributed by atoms with Crippen LogP contribution < -0.4 is 4.72 Å². The van der Waals surface area contributed by atoms with E-state index in [0.29, 0.717) is 6.54 Å². The third-order valence-electron chi connectivity index (χ3n) is 4.34. The molecule has 0 bridgehead atoms. The molecule has 1 atom stereocenters. The predicted octanol–water partition coefficient (Wildman–Crippen LogP) is 1.15. The molecular formula is C16H22N4O2S. The second-order valence-corrected chi connectivity index (χ2v) is 7.81. The number of nitrogens with one attached hydrogen (secondary N) is 1. The minimum absolute atomic E-state index is 0.134. The summed E-state index contributed by atoms with van der Waals surface area (Å²) in [6.45, 7) is 4.26. The number of hydrogen-bond acceptors (Lipinski definition) is 4. The molecule has 23 heavy (non-hydrogen) atoms. The van der Waals surface area contributed by atoms with Gasteiger partial charge in [-0.05, 0) is 24.5 Å². The van der Waals surface area contributed by atoms with E-state index in [1.807, 2.05) is 0 Å². The highest BCUT2D eigenvalue weighted by Gasteiger charge is 2.23. The molecule has 124 valence electrons. The molecule has 6 nitrogen and oxygen atoms in total. The first kappa shape index (κ1) is 16.2. The highest BCUT2D eigenvalue weighted by atomic mass is 32.2. The molecule has 2 aromatic rings. The largest absolute Gasteiger partial charge is 0.295 e. The molecule has 1 aromatic heterocycles. The van der Waals surface area contributed by atoms with Gasteiger partial charge in [0.15, 0.2) is 0 Å². The lowest BCUT2D eigenvalue weighted by atomic mass is 9.99. The Kier molecular flexibility index (Phi) is 4.52. The molecule has 3 rings (SSSR count). The minimum atomic E-state index is -3.49. The Bertz CT molecular complexity index is 785. The Morgan fingerprint density at radius 2 is 2.04 bits per heavy atom. The lowest BCUT2D eigenvalue weighted by Crippen LogP contribution is -2.44. The van der Waals surface area contributed by atoms with Gasteiger partial charge in [0.2, 0.25) is 10.0 Å². The van der Waals surface area contributed by atoms with Crippen molar-refractivity contribution in [3.05, 3.63) is 47.8 Å². The first-order valence-corrected chi connectivity index (χ1v) is 9.23. The third-order valence-corrected chi connectivity index (χ3v) is 5.72. The zero-order chi connectivity index (χ0) is 16.4. The standard InChI is InChI=1S/C16H22N4O2S/c1-13(9-18-23(21,22)16-10-17-19(2)12-16)20-8-7-14-5-3-4-6-15(14)11-20/h3-6,10,12-13,18H,7-9,11H2,1-2H3/t13-/m0/s1. The van der Waals surface area contributed by atoms with Crippen molar-refractivity contribution in [3.63, 3.8) is 0 Å². The Hall–Kier alpha value is -1.70. The van der Waals surface area contributed by atoms with Gasteiger partial charge in [0.05, 0.1) is 6.20 Å². The van der Waals surface area contributed by atoms with E-state index >= 15 is 0 Å². The minimum Gasteiger partial charge on any atom is -0.295 e. The van der Waals surface area contributed by atoms with Crippen molar-refractivity contribution in [2.24, 2.45) is 7.05 Å². The number of aromatic nitrogens is 2. The van der Waals surface area contributed by atoms with Crippen LogP contribution in [0, 0.1) is 0 Å². The molecule has 0 spiro atoms.